The van der Waals surface area contributed by atoms with E-state index in [1.165, 1.54) is 12.3 Å². The van der Waals surface area contributed by atoms with Crippen LogP contribution in [-0.2, 0) is 14.9 Å². The van der Waals surface area contributed by atoms with E-state index < -0.39 is 15.4 Å². The van der Waals surface area contributed by atoms with Crippen LogP contribution < -0.4 is 0 Å². The van der Waals surface area contributed by atoms with Gasteiger partial charge in [-0.25, -0.2) is 0 Å². The minimum atomic E-state index is -3.91. The van der Waals surface area contributed by atoms with Crippen LogP contribution in [0.5, 0.6) is 0 Å². The van der Waals surface area contributed by atoms with E-state index in [-0.39, 0.29) is 19.0 Å². The molecule has 0 aliphatic carbocycles. The molecule has 0 aromatic rings. The number of ether oxygens (including phenoxy) is 1. The molecule has 0 amide bonds. The van der Waals surface area contributed by atoms with Gasteiger partial charge in [0.2, 0.25) is 0 Å². The SMILES string of the molecule is Cl.O=S(=O)(O)C1C=COC1. The normalized spacial score (nSPS) is 23.5. The zero-order chi connectivity index (χ0) is 6.91. The quantitative estimate of drug-likeness (QED) is 0.595. The molecule has 0 saturated heterocycles. The van der Waals surface area contributed by atoms with Crippen molar-refractivity contribution in [1.82, 2.24) is 0 Å². The summed E-state index contributed by atoms with van der Waals surface area (Å²) < 4.78 is 33.4. The minimum Gasteiger partial charge on any atom is -0.500 e. The molecule has 0 fully saturated rings. The molecule has 0 radical (unpaired) electrons. The highest BCUT2D eigenvalue weighted by Gasteiger charge is 2.23. The first-order valence-electron chi connectivity index (χ1n) is 2.35. The highest BCUT2D eigenvalue weighted by atomic mass is 35.5. The Bertz CT molecular complexity index is 219. The minimum absolute atomic E-state index is 0. The van der Waals surface area contributed by atoms with Crippen LogP contribution in [0, 0.1) is 0 Å². The summed E-state index contributed by atoms with van der Waals surface area (Å²) in [6, 6.07) is 0. The van der Waals surface area contributed by atoms with E-state index in [0.717, 1.165) is 0 Å². The molecule has 0 bridgehead atoms. The fraction of sp³-hybridized carbons (Fsp3) is 0.500. The molecule has 10 heavy (non-hydrogen) atoms. The van der Waals surface area contributed by atoms with Gasteiger partial charge in [-0.2, -0.15) is 8.42 Å². The Morgan fingerprint density at radius 3 is 2.40 bits per heavy atom. The molecule has 1 atom stereocenters. The van der Waals surface area contributed by atoms with E-state index in [1.54, 1.807) is 0 Å². The molecule has 0 spiro atoms. The third-order valence-electron chi connectivity index (χ3n) is 1.03. The van der Waals surface area contributed by atoms with Gasteiger partial charge in [0.25, 0.3) is 10.1 Å². The molecule has 1 unspecified atom stereocenters. The summed E-state index contributed by atoms with van der Waals surface area (Å²) in [5.74, 6) is 0. The number of halogens is 1. The van der Waals surface area contributed by atoms with Gasteiger partial charge in [0, 0.05) is 0 Å². The largest absolute Gasteiger partial charge is 0.500 e. The monoisotopic (exact) mass is 186 g/mol. The molecule has 6 heteroatoms. The Hall–Kier alpha value is -0.260. The summed E-state index contributed by atoms with van der Waals surface area (Å²) in [5.41, 5.74) is 0. The highest BCUT2D eigenvalue weighted by molar-refractivity contribution is 7.86. The Labute approximate surface area is 65.0 Å². The van der Waals surface area contributed by atoms with E-state index in [2.05, 4.69) is 4.74 Å². The van der Waals surface area contributed by atoms with Gasteiger partial charge in [-0.05, 0) is 6.08 Å². The molecular formula is C4H7ClO4S. The highest BCUT2D eigenvalue weighted by Crippen LogP contribution is 2.07. The maximum absolute atomic E-state index is 10.3. The fourth-order valence-electron chi connectivity index (χ4n) is 0.534. The first-order valence-corrected chi connectivity index (χ1v) is 3.85. The topological polar surface area (TPSA) is 63.6 Å². The van der Waals surface area contributed by atoms with E-state index in [9.17, 15) is 8.42 Å². The molecule has 1 N–H and O–H groups in total. The Morgan fingerprint density at radius 1 is 1.60 bits per heavy atom. The van der Waals surface area contributed by atoms with Crippen molar-refractivity contribution in [3.63, 3.8) is 0 Å². The first kappa shape index (κ1) is 9.74. The van der Waals surface area contributed by atoms with Crippen LogP contribution in [0.2, 0.25) is 0 Å². The number of hydrogen-bond donors (Lipinski definition) is 1. The molecule has 0 aromatic carbocycles. The fourth-order valence-corrected chi connectivity index (χ4v) is 1.05. The van der Waals surface area contributed by atoms with E-state index in [1.807, 2.05) is 0 Å². The first-order chi connectivity index (χ1) is 4.11. The van der Waals surface area contributed by atoms with Gasteiger partial charge < -0.3 is 4.74 Å². The second kappa shape index (κ2) is 3.23. The third kappa shape index (κ3) is 2.17. The molecule has 60 valence electrons. The second-order valence-corrected chi connectivity index (χ2v) is 3.35. The number of hydrogen-bond acceptors (Lipinski definition) is 3. The van der Waals surface area contributed by atoms with E-state index in [0.29, 0.717) is 0 Å². The lowest BCUT2D eigenvalue weighted by atomic mass is 10.5. The third-order valence-corrected chi connectivity index (χ3v) is 2.09. The standard InChI is InChI=1S/C4H6O4S.ClH/c5-9(6,7)4-1-2-8-3-4;/h1-2,4H,3H2,(H,5,6,7);1H. The maximum Gasteiger partial charge on any atom is 0.274 e. The molecule has 4 nitrogen and oxygen atoms in total. The van der Waals surface area contributed by atoms with Gasteiger partial charge in [-0.3, -0.25) is 4.55 Å². The average molecular weight is 187 g/mol. The summed E-state index contributed by atoms with van der Waals surface area (Å²) in [7, 11) is -3.91. The van der Waals surface area contributed by atoms with Crippen molar-refractivity contribution < 1.29 is 17.7 Å². The summed E-state index contributed by atoms with van der Waals surface area (Å²) in [4.78, 5) is 0. The predicted molar refractivity (Wildman–Crippen MR) is 37.7 cm³/mol. The molecule has 0 aromatic heterocycles. The lowest BCUT2D eigenvalue weighted by Crippen LogP contribution is -2.19. The van der Waals surface area contributed by atoms with Crippen LogP contribution in [0.4, 0.5) is 0 Å². The predicted octanol–water partition coefficient (Wildman–Crippen LogP) is 0.209. The summed E-state index contributed by atoms with van der Waals surface area (Å²) in [6.45, 7) is 0.0266. The van der Waals surface area contributed by atoms with Crippen molar-refractivity contribution in [2.45, 2.75) is 5.25 Å². The zero-order valence-corrected chi connectivity index (χ0v) is 6.56. The molecule has 1 rings (SSSR count). The van der Waals surface area contributed by atoms with Gasteiger partial charge >= 0.3 is 0 Å². The van der Waals surface area contributed by atoms with Gasteiger partial charge in [0.05, 0.1) is 6.26 Å². The zero-order valence-electron chi connectivity index (χ0n) is 4.93. The maximum atomic E-state index is 10.3. The second-order valence-electron chi connectivity index (χ2n) is 1.72. The van der Waals surface area contributed by atoms with Gasteiger partial charge in [-0.15, -0.1) is 12.4 Å². The van der Waals surface area contributed by atoms with Crippen molar-refractivity contribution in [2.75, 3.05) is 6.61 Å². The van der Waals surface area contributed by atoms with Gasteiger partial charge in [0.1, 0.15) is 11.9 Å². The van der Waals surface area contributed by atoms with Crippen molar-refractivity contribution in [1.29, 1.82) is 0 Å². The smallest absolute Gasteiger partial charge is 0.274 e. The van der Waals surface area contributed by atoms with Gasteiger partial charge in [0.15, 0.2) is 0 Å². The Kier molecular flexibility index (Phi) is 3.14. The summed E-state index contributed by atoms with van der Waals surface area (Å²) in [6.07, 6.45) is 2.56. The van der Waals surface area contributed by atoms with Crippen LogP contribution >= 0.6 is 12.4 Å². The van der Waals surface area contributed by atoms with Crippen molar-refractivity contribution in [3.05, 3.63) is 12.3 Å². The molecule has 1 aliphatic heterocycles. The van der Waals surface area contributed by atoms with Crippen LogP contribution in [0.15, 0.2) is 12.3 Å². The van der Waals surface area contributed by atoms with Crippen LogP contribution in [-0.4, -0.2) is 24.8 Å². The van der Waals surface area contributed by atoms with Crippen LogP contribution in [0.3, 0.4) is 0 Å². The molecular weight excluding hydrogens is 180 g/mol. The van der Waals surface area contributed by atoms with E-state index in [4.69, 9.17) is 4.55 Å². The molecule has 0 saturated carbocycles. The van der Waals surface area contributed by atoms with Gasteiger partial charge in [-0.1, -0.05) is 0 Å². The molecule has 1 aliphatic rings. The van der Waals surface area contributed by atoms with Crippen molar-refractivity contribution >= 4 is 22.5 Å². The lowest BCUT2D eigenvalue weighted by molar-refractivity contribution is 0.279. The lowest BCUT2D eigenvalue weighted by Gasteiger charge is -1.98. The Morgan fingerprint density at radius 2 is 2.20 bits per heavy atom. The van der Waals surface area contributed by atoms with E-state index >= 15 is 0 Å². The van der Waals surface area contributed by atoms with Crippen molar-refractivity contribution in [2.24, 2.45) is 0 Å². The average Bonchev–Trinajstić information content (AvgIpc) is 2.08. The summed E-state index contributed by atoms with van der Waals surface area (Å²) in [5, 5.41) is -0.863. The Balaban J connectivity index is 0.000000810. The van der Waals surface area contributed by atoms with Crippen LogP contribution in [0.1, 0.15) is 0 Å². The van der Waals surface area contributed by atoms with Crippen LogP contribution in [0.25, 0.3) is 0 Å². The van der Waals surface area contributed by atoms with Crippen molar-refractivity contribution in [3.8, 4) is 0 Å². The number of rotatable bonds is 1. The molecule has 1 heterocycles. The summed E-state index contributed by atoms with van der Waals surface area (Å²) >= 11 is 0.